The summed E-state index contributed by atoms with van der Waals surface area (Å²) in [7, 11) is 7.26. The fourth-order valence-corrected chi connectivity index (χ4v) is 3.41. The van der Waals surface area contributed by atoms with Crippen LogP contribution in [0.5, 0.6) is 11.5 Å². The van der Waals surface area contributed by atoms with Gasteiger partial charge in [0.15, 0.2) is 11.5 Å². The van der Waals surface area contributed by atoms with Crippen molar-refractivity contribution in [1.29, 1.82) is 0 Å². The van der Waals surface area contributed by atoms with Crippen molar-refractivity contribution >= 4 is 22.9 Å². The Bertz CT molecular complexity index is 919. The van der Waals surface area contributed by atoms with Gasteiger partial charge in [-0.15, -0.1) is 0 Å². The molecule has 0 fully saturated rings. The van der Waals surface area contributed by atoms with E-state index in [2.05, 4.69) is 27.7 Å². The normalized spacial score (nSPS) is 14.6. The first-order valence-electron chi connectivity index (χ1n) is 9.28. The van der Waals surface area contributed by atoms with Crippen molar-refractivity contribution in [3.63, 3.8) is 0 Å². The molecule has 148 valence electrons. The monoisotopic (exact) mass is 381 g/mol. The van der Waals surface area contributed by atoms with Gasteiger partial charge in [-0.05, 0) is 44.3 Å². The van der Waals surface area contributed by atoms with Gasteiger partial charge >= 0.3 is 0 Å². The highest BCUT2D eigenvalue weighted by atomic mass is 16.5. The highest BCUT2D eigenvalue weighted by Gasteiger charge is 2.29. The van der Waals surface area contributed by atoms with Crippen molar-refractivity contribution < 1.29 is 14.3 Å². The maximum atomic E-state index is 12.7. The lowest BCUT2D eigenvalue weighted by atomic mass is 10.0. The smallest absolute Gasteiger partial charge is 0.258 e. The van der Waals surface area contributed by atoms with Crippen molar-refractivity contribution in [2.45, 2.75) is 19.9 Å². The summed E-state index contributed by atoms with van der Waals surface area (Å²) in [4.78, 5) is 14.9. The van der Waals surface area contributed by atoms with Crippen LogP contribution in [0.1, 0.15) is 24.5 Å². The van der Waals surface area contributed by atoms with Gasteiger partial charge in [-0.1, -0.05) is 19.1 Å². The number of allylic oxidation sites excluding steroid dienone is 1. The van der Waals surface area contributed by atoms with E-state index in [4.69, 9.17) is 9.47 Å². The molecule has 0 saturated carbocycles. The Morgan fingerprint density at radius 1 is 1.11 bits per heavy atom. The van der Waals surface area contributed by atoms with Gasteiger partial charge in [-0.2, -0.15) is 0 Å². The average molecular weight is 381 g/mol. The van der Waals surface area contributed by atoms with Crippen molar-refractivity contribution in [2.75, 3.05) is 38.9 Å². The van der Waals surface area contributed by atoms with Gasteiger partial charge in [-0.3, -0.25) is 4.79 Å². The first kappa shape index (κ1) is 19.8. The minimum Gasteiger partial charge on any atom is -0.493 e. The number of benzene rings is 2. The number of anilines is 2. The van der Waals surface area contributed by atoms with E-state index in [0.29, 0.717) is 23.5 Å². The van der Waals surface area contributed by atoms with Gasteiger partial charge in [-0.25, -0.2) is 0 Å². The van der Waals surface area contributed by atoms with Gasteiger partial charge in [0.25, 0.3) is 5.91 Å². The number of nitrogens with zero attached hydrogens (tertiary/aromatic N) is 1. The number of methoxy groups -OCH3 is 2. The van der Waals surface area contributed by atoms with E-state index in [-0.39, 0.29) is 5.91 Å². The van der Waals surface area contributed by atoms with E-state index in [1.807, 2.05) is 39.2 Å². The summed E-state index contributed by atoms with van der Waals surface area (Å²) in [6.45, 7) is 2.89. The van der Waals surface area contributed by atoms with Crippen LogP contribution in [-0.4, -0.2) is 39.1 Å². The predicted molar refractivity (Wildman–Crippen MR) is 113 cm³/mol. The molecule has 0 saturated heterocycles. The lowest BCUT2D eigenvalue weighted by Gasteiger charge is -2.15. The number of amides is 1. The summed E-state index contributed by atoms with van der Waals surface area (Å²) in [5.41, 5.74) is 5.22. The van der Waals surface area contributed by atoms with Crippen LogP contribution in [0.4, 0.5) is 11.4 Å². The molecule has 1 amide bonds. The molecule has 28 heavy (non-hydrogen) atoms. The molecule has 0 aromatic heterocycles. The highest BCUT2D eigenvalue weighted by Crippen LogP contribution is 2.42. The number of hydrogen-bond acceptors (Lipinski definition) is 5. The van der Waals surface area contributed by atoms with E-state index in [9.17, 15) is 4.79 Å². The Morgan fingerprint density at radius 3 is 2.46 bits per heavy atom. The van der Waals surface area contributed by atoms with Gasteiger partial charge in [0.2, 0.25) is 0 Å². The Labute approximate surface area is 166 Å². The van der Waals surface area contributed by atoms with Crippen molar-refractivity contribution in [2.24, 2.45) is 0 Å². The lowest BCUT2D eigenvalue weighted by Crippen LogP contribution is -2.12. The Morgan fingerprint density at radius 2 is 1.82 bits per heavy atom. The van der Waals surface area contributed by atoms with Crippen LogP contribution in [0.25, 0.3) is 5.57 Å². The predicted octanol–water partition coefficient (Wildman–Crippen LogP) is 3.95. The highest BCUT2D eigenvalue weighted by molar-refractivity contribution is 6.32. The molecule has 0 atom stereocenters. The molecule has 2 aromatic rings. The van der Waals surface area contributed by atoms with Crippen LogP contribution >= 0.6 is 0 Å². The zero-order valence-corrected chi connectivity index (χ0v) is 17.1. The summed E-state index contributed by atoms with van der Waals surface area (Å²) in [6, 6.07) is 11.9. The lowest BCUT2D eigenvalue weighted by molar-refractivity contribution is -0.110. The SMILES string of the molecule is CCC(Nc1cccc(CN(C)C)c1)=C1C(=O)Nc2cc(OC)c(OC)cc21. The Balaban J connectivity index is 2.01. The van der Waals surface area contributed by atoms with Crippen molar-refractivity contribution in [3.8, 4) is 11.5 Å². The molecule has 0 radical (unpaired) electrons. The molecule has 0 unspecified atom stereocenters. The quantitative estimate of drug-likeness (QED) is 0.711. The van der Waals surface area contributed by atoms with E-state index < -0.39 is 0 Å². The molecule has 0 spiro atoms. The number of hydrogen-bond donors (Lipinski definition) is 2. The van der Waals surface area contributed by atoms with Gasteiger partial charge in [0.1, 0.15) is 0 Å². The number of carbonyl (C=O) groups is 1. The van der Waals surface area contributed by atoms with Crippen LogP contribution < -0.4 is 20.1 Å². The molecule has 6 nitrogen and oxygen atoms in total. The summed E-state index contributed by atoms with van der Waals surface area (Å²) in [6.07, 6.45) is 0.689. The molecule has 2 N–H and O–H groups in total. The fraction of sp³-hybridized carbons (Fsp3) is 0.318. The summed E-state index contributed by atoms with van der Waals surface area (Å²) in [5.74, 6) is 1.06. The van der Waals surface area contributed by atoms with E-state index in [1.54, 1.807) is 20.3 Å². The van der Waals surface area contributed by atoms with Crippen molar-refractivity contribution in [1.82, 2.24) is 4.90 Å². The van der Waals surface area contributed by atoms with Gasteiger partial charge in [0.05, 0.1) is 25.5 Å². The van der Waals surface area contributed by atoms with E-state index in [0.717, 1.165) is 29.2 Å². The summed E-state index contributed by atoms with van der Waals surface area (Å²) < 4.78 is 10.8. The topological polar surface area (TPSA) is 62.8 Å². The molecule has 0 aliphatic carbocycles. The van der Waals surface area contributed by atoms with Crippen LogP contribution in [0.2, 0.25) is 0 Å². The molecule has 6 heteroatoms. The zero-order chi connectivity index (χ0) is 20.3. The minimum absolute atomic E-state index is 0.126. The first-order chi connectivity index (χ1) is 13.5. The van der Waals surface area contributed by atoms with Crippen LogP contribution in [0.15, 0.2) is 42.1 Å². The van der Waals surface area contributed by atoms with Crippen molar-refractivity contribution in [3.05, 3.63) is 53.2 Å². The standard InChI is InChI=1S/C22H27N3O3/c1-6-17(23-15-9-7-8-14(10-15)13-25(2)3)21-16-11-19(27-4)20(28-5)12-18(16)24-22(21)26/h7-12,23H,6,13H2,1-5H3,(H,24,26). The molecular weight excluding hydrogens is 354 g/mol. The van der Waals surface area contributed by atoms with Crippen LogP contribution in [0.3, 0.4) is 0 Å². The van der Waals surface area contributed by atoms with E-state index >= 15 is 0 Å². The minimum atomic E-state index is -0.126. The molecule has 1 heterocycles. The second-order valence-electron chi connectivity index (χ2n) is 6.98. The third-order valence-corrected chi connectivity index (χ3v) is 4.64. The molecular formula is C22H27N3O3. The third kappa shape index (κ3) is 3.97. The number of carbonyl (C=O) groups excluding carboxylic acids is 1. The number of fused-ring (bicyclic) bond motifs is 1. The second-order valence-corrected chi connectivity index (χ2v) is 6.98. The molecule has 3 rings (SSSR count). The molecule has 2 aromatic carbocycles. The maximum absolute atomic E-state index is 12.7. The number of nitrogens with one attached hydrogen (secondary N) is 2. The molecule has 1 aliphatic rings. The zero-order valence-electron chi connectivity index (χ0n) is 17.1. The van der Waals surface area contributed by atoms with Gasteiger partial charge < -0.3 is 25.0 Å². The average Bonchev–Trinajstić information content (AvgIpc) is 2.99. The fourth-order valence-electron chi connectivity index (χ4n) is 3.41. The Kier molecular flexibility index (Phi) is 5.90. The first-order valence-corrected chi connectivity index (χ1v) is 9.28. The van der Waals surface area contributed by atoms with Gasteiger partial charge in [0, 0.05) is 29.6 Å². The summed E-state index contributed by atoms with van der Waals surface area (Å²) >= 11 is 0. The number of ether oxygens (including phenoxy) is 2. The number of rotatable bonds is 7. The van der Waals surface area contributed by atoms with Crippen LogP contribution in [0, 0.1) is 0 Å². The molecule has 0 bridgehead atoms. The molecule has 1 aliphatic heterocycles. The van der Waals surface area contributed by atoms with E-state index in [1.165, 1.54) is 5.56 Å². The van der Waals surface area contributed by atoms with Crippen LogP contribution in [-0.2, 0) is 11.3 Å². The third-order valence-electron chi connectivity index (χ3n) is 4.64. The summed E-state index contributed by atoms with van der Waals surface area (Å²) in [5, 5.41) is 6.38. The second kappa shape index (κ2) is 8.35. The Hall–Kier alpha value is -2.99. The maximum Gasteiger partial charge on any atom is 0.258 e. The largest absolute Gasteiger partial charge is 0.493 e.